The first-order valence-corrected chi connectivity index (χ1v) is 28.1. The van der Waals surface area contributed by atoms with Crippen LogP contribution < -0.4 is 0 Å². The van der Waals surface area contributed by atoms with E-state index in [-0.39, 0.29) is 0 Å². The molecule has 5 heteroatoms. The Kier molecular flexibility index (Phi) is 48.5. The van der Waals surface area contributed by atoms with Crippen molar-refractivity contribution in [1.29, 1.82) is 0 Å². The number of hydrogen-bond donors (Lipinski definition) is 0. The number of ketones is 1. The molecule has 0 heterocycles. The summed E-state index contributed by atoms with van der Waals surface area (Å²) in [6, 6.07) is 0. The topological polar surface area (TPSA) is 57.7 Å². The van der Waals surface area contributed by atoms with E-state index in [0.29, 0.717) is 43.3 Å². The van der Waals surface area contributed by atoms with Gasteiger partial charge in [0.15, 0.2) is 0 Å². The smallest absolute Gasteiger partial charge is 0.222 e. The lowest BCUT2D eigenvalue weighted by atomic mass is 10.0. The zero-order valence-corrected chi connectivity index (χ0v) is 42.3. The summed E-state index contributed by atoms with van der Waals surface area (Å²) in [6.07, 6.45) is 54.0. The minimum Gasteiger partial charge on any atom is -0.343 e. The van der Waals surface area contributed by atoms with E-state index in [4.69, 9.17) is 0 Å². The molecule has 0 atom stereocenters. The second-order valence-electron chi connectivity index (χ2n) is 19.4. The second kappa shape index (κ2) is 49.6. The van der Waals surface area contributed by atoms with E-state index < -0.39 is 0 Å². The number of amides is 2. The van der Waals surface area contributed by atoms with Gasteiger partial charge in [-0.2, -0.15) is 0 Å². The Morgan fingerprint density at radius 2 is 0.410 bits per heavy atom. The molecule has 0 fully saturated rings. The number of hydrogen-bond acceptors (Lipinski definition) is 3. The van der Waals surface area contributed by atoms with Crippen LogP contribution in [0.4, 0.5) is 0 Å². The van der Waals surface area contributed by atoms with Gasteiger partial charge < -0.3 is 9.80 Å². The highest BCUT2D eigenvalue weighted by molar-refractivity contribution is 5.78. The Hall–Kier alpha value is -1.39. The summed E-state index contributed by atoms with van der Waals surface area (Å²) in [5.74, 6) is 1.09. The lowest BCUT2D eigenvalue weighted by Crippen LogP contribution is -2.32. The molecule has 5 nitrogen and oxygen atoms in total. The van der Waals surface area contributed by atoms with Crippen LogP contribution in [0.3, 0.4) is 0 Å². The Bertz CT molecular complexity index is 882. The molecule has 0 N–H and O–H groups in total. The fourth-order valence-electron chi connectivity index (χ4n) is 8.99. The fraction of sp³-hybridized carbons (Fsp3) is 0.946. The molecule has 0 aliphatic heterocycles. The summed E-state index contributed by atoms with van der Waals surface area (Å²) in [4.78, 5) is 43.6. The third-order valence-electron chi connectivity index (χ3n) is 13.3. The molecule has 0 aliphatic rings. The van der Waals surface area contributed by atoms with Crippen molar-refractivity contribution in [3.8, 4) is 0 Å². The van der Waals surface area contributed by atoms with E-state index in [1.165, 1.54) is 199 Å². The van der Waals surface area contributed by atoms with E-state index in [0.717, 1.165) is 90.4 Å². The molecule has 0 unspecified atom stereocenters. The van der Waals surface area contributed by atoms with Gasteiger partial charge in [0.05, 0.1) is 0 Å². The molecular formula is C56H110N2O3. The Balaban J connectivity index is 4.26. The zero-order chi connectivity index (χ0) is 44.5. The third-order valence-corrected chi connectivity index (χ3v) is 13.3. The van der Waals surface area contributed by atoms with Gasteiger partial charge in [-0.1, -0.05) is 240 Å². The molecule has 0 radical (unpaired) electrons. The lowest BCUT2D eigenvalue weighted by Gasteiger charge is -2.23. The predicted molar refractivity (Wildman–Crippen MR) is 269 cm³/mol. The standard InChI is InChI=1S/C56H110N2O3/c1-5-9-13-17-21-28-34-42-50-57(51-43-35-29-22-18-14-10-6-2)55(60)48-39-33-27-25-26-32-38-46-54(59)47-40-41-49-56(61)58(52-44-36-30-23-19-15-11-7-3)53-45-37-31-24-20-16-12-8-4/h5-53H2,1-4H3. The van der Waals surface area contributed by atoms with Gasteiger partial charge in [0, 0.05) is 51.9 Å². The summed E-state index contributed by atoms with van der Waals surface area (Å²) in [5, 5.41) is 0. The van der Waals surface area contributed by atoms with Crippen molar-refractivity contribution in [2.45, 2.75) is 317 Å². The Morgan fingerprint density at radius 1 is 0.230 bits per heavy atom. The van der Waals surface area contributed by atoms with Gasteiger partial charge in [-0.15, -0.1) is 0 Å². The van der Waals surface area contributed by atoms with Crippen LogP contribution in [0.15, 0.2) is 0 Å². The Morgan fingerprint density at radius 3 is 0.672 bits per heavy atom. The summed E-state index contributed by atoms with van der Waals surface area (Å²) >= 11 is 0. The molecule has 0 saturated carbocycles. The highest BCUT2D eigenvalue weighted by Gasteiger charge is 2.15. The van der Waals surface area contributed by atoms with Crippen LogP contribution in [0.1, 0.15) is 317 Å². The van der Waals surface area contributed by atoms with Gasteiger partial charge in [0.1, 0.15) is 5.78 Å². The van der Waals surface area contributed by atoms with Crippen molar-refractivity contribution in [3.05, 3.63) is 0 Å². The average Bonchev–Trinajstić information content (AvgIpc) is 3.26. The van der Waals surface area contributed by atoms with Crippen LogP contribution in [-0.4, -0.2) is 53.6 Å². The maximum atomic E-state index is 13.3. The van der Waals surface area contributed by atoms with Crippen molar-refractivity contribution in [2.24, 2.45) is 0 Å². The molecule has 0 aromatic carbocycles. The summed E-state index contributed by atoms with van der Waals surface area (Å²) in [5.41, 5.74) is 0. The third kappa shape index (κ3) is 43.6. The van der Waals surface area contributed by atoms with Crippen LogP contribution in [-0.2, 0) is 14.4 Å². The van der Waals surface area contributed by atoms with Crippen LogP contribution in [0, 0.1) is 0 Å². The highest BCUT2D eigenvalue weighted by atomic mass is 16.2. The number of rotatable bonds is 51. The van der Waals surface area contributed by atoms with Gasteiger partial charge in [-0.3, -0.25) is 14.4 Å². The first-order chi connectivity index (χ1) is 30.0. The summed E-state index contributed by atoms with van der Waals surface area (Å²) < 4.78 is 0. The largest absolute Gasteiger partial charge is 0.343 e. The van der Waals surface area contributed by atoms with E-state index in [1.54, 1.807) is 0 Å². The number of carbonyl (C=O) groups is 3. The van der Waals surface area contributed by atoms with Crippen LogP contribution in [0.25, 0.3) is 0 Å². The Labute approximate surface area is 383 Å². The molecule has 2 amide bonds. The van der Waals surface area contributed by atoms with Gasteiger partial charge in [0.25, 0.3) is 0 Å². The molecule has 362 valence electrons. The van der Waals surface area contributed by atoms with E-state index in [9.17, 15) is 14.4 Å². The van der Waals surface area contributed by atoms with Gasteiger partial charge in [-0.25, -0.2) is 0 Å². The number of nitrogens with zero attached hydrogens (tertiary/aromatic N) is 2. The maximum absolute atomic E-state index is 13.3. The molecule has 0 aliphatic carbocycles. The van der Waals surface area contributed by atoms with Crippen molar-refractivity contribution < 1.29 is 14.4 Å². The minimum absolute atomic E-state index is 0.317. The van der Waals surface area contributed by atoms with Gasteiger partial charge in [0.2, 0.25) is 11.8 Å². The van der Waals surface area contributed by atoms with Crippen molar-refractivity contribution in [1.82, 2.24) is 9.80 Å². The second-order valence-corrected chi connectivity index (χ2v) is 19.4. The molecule has 0 aromatic rings. The van der Waals surface area contributed by atoms with Crippen molar-refractivity contribution in [2.75, 3.05) is 26.2 Å². The normalized spacial score (nSPS) is 11.4. The van der Waals surface area contributed by atoms with Crippen molar-refractivity contribution in [3.63, 3.8) is 0 Å². The maximum Gasteiger partial charge on any atom is 0.222 e. The van der Waals surface area contributed by atoms with E-state index >= 15 is 0 Å². The summed E-state index contributed by atoms with van der Waals surface area (Å²) in [6.45, 7) is 12.9. The molecule has 0 aromatic heterocycles. The van der Waals surface area contributed by atoms with Gasteiger partial charge in [-0.05, 0) is 51.4 Å². The molecule has 0 spiro atoms. The fourth-order valence-corrected chi connectivity index (χ4v) is 8.99. The zero-order valence-electron chi connectivity index (χ0n) is 42.3. The number of carbonyl (C=O) groups excluding carboxylic acids is 3. The van der Waals surface area contributed by atoms with Crippen LogP contribution >= 0.6 is 0 Å². The van der Waals surface area contributed by atoms with E-state index in [1.807, 2.05) is 0 Å². The summed E-state index contributed by atoms with van der Waals surface area (Å²) in [7, 11) is 0. The predicted octanol–water partition coefficient (Wildman–Crippen LogP) is 17.8. The minimum atomic E-state index is 0.317. The molecule has 0 saturated heterocycles. The quantitative estimate of drug-likeness (QED) is 0.0573. The molecule has 0 bridgehead atoms. The van der Waals surface area contributed by atoms with Crippen LogP contribution in [0.5, 0.6) is 0 Å². The SMILES string of the molecule is CCCCCCCCCCN(CCCCCCCCCC)C(=O)CCCCCCCCCC(=O)CCCCC(=O)N(CCCCCCCCCC)CCCCCCCCCC. The first kappa shape index (κ1) is 59.6. The monoisotopic (exact) mass is 859 g/mol. The first-order valence-electron chi connectivity index (χ1n) is 28.1. The van der Waals surface area contributed by atoms with Crippen LogP contribution in [0.2, 0.25) is 0 Å². The van der Waals surface area contributed by atoms with Gasteiger partial charge >= 0.3 is 0 Å². The lowest BCUT2D eigenvalue weighted by molar-refractivity contribution is -0.132. The molecule has 0 rings (SSSR count). The van der Waals surface area contributed by atoms with Crippen molar-refractivity contribution >= 4 is 17.6 Å². The average molecular weight is 860 g/mol. The highest BCUT2D eigenvalue weighted by Crippen LogP contribution is 2.17. The number of unbranched alkanes of at least 4 members (excludes halogenated alkanes) is 35. The van der Waals surface area contributed by atoms with E-state index in [2.05, 4.69) is 37.5 Å². The molecule has 61 heavy (non-hydrogen) atoms. The molecular weight excluding hydrogens is 749 g/mol. The number of Topliss-reactive ketones (excluding diaryl/α,β-unsaturated/α-hetero) is 1.